The van der Waals surface area contributed by atoms with Gasteiger partial charge in [0.25, 0.3) is 0 Å². The van der Waals surface area contributed by atoms with Crippen LogP contribution in [0.4, 0.5) is 0 Å². The molecule has 0 spiro atoms. The number of ether oxygens (including phenoxy) is 2. The summed E-state index contributed by atoms with van der Waals surface area (Å²) in [6, 6.07) is 0.117. The number of hydrogen-bond donors (Lipinski definition) is 0. The molecule has 2 aliphatic heterocycles. The highest BCUT2D eigenvalue weighted by atomic mass is 32.2. The Labute approximate surface area is 146 Å². The summed E-state index contributed by atoms with van der Waals surface area (Å²) in [4.78, 5) is 2.33. The molecule has 0 aromatic rings. The summed E-state index contributed by atoms with van der Waals surface area (Å²) in [6.45, 7) is 6.11. The van der Waals surface area contributed by atoms with E-state index in [9.17, 15) is 8.42 Å². The summed E-state index contributed by atoms with van der Waals surface area (Å²) in [5.41, 5.74) is 0. The maximum Gasteiger partial charge on any atom is 0.217 e. The predicted octanol–water partition coefficient (Wildman–Crippen LogP) is 1.46. The molecule has 1 aliphatic carbocycles. The second kappa shape index (κ2) is 8.94. The van der Waals surface area contributed by atoms with Crippen LogP contribution in [-0.2, 0) is 19.5 Å². The molecule has 0 radical (unpaired) electrons. The molecule has 0 N–H and O–H groups in total. The van der Waals surface area contributed by atoms with Gasteiger partial charge in [0.2, 0.25) is 10.0 Å². The zero-order valence-corrected chi connectivity index (χ0v) is 15.5. The van der Waals surface area contributed by atoms with Crippen molar-refractivity contribution < 1.29 is 17.9 Å². The summed E-state index contributed by atoms with van der Waals surface area (Å²) in [6.07, 6.45) is 6.60. The minimum atomic E-state index is -3.20. The zero-order chi connectivity index (χ0) is 16.8. The van der Waals surface area contributed by atoms with Gasteiger partial charge in [0.15, 0.2) is 0 Å². The van der Waals surface area contributed by atoms with Crippen molar-refractivity contribution >= 4 is 10.0 Å². The Morgan fingerprint density at radius 3 is 2.17 bits per heavy atom. The lowest BCUT2D eigenvalue weighted by Crippen LogP contribution is -2.51. The highest BCUT2D eigenvalue weighted by Crippen LogP contribution is 2.29. The summed E-state index contributed by atoms with van der Waals surface area (Å²) >= 11 is 0. The number of morpholine rings is 1. The van der Waals surface area contributed by atoms with Crippen molar-refractivity contribution in [3.05, 3.63) is 0 Å². The van der Waals surface area contributed by atoms with Gasteiger partial charge in [0.1, 0.15) is 0 Å². The van der Waals surface area contributed by atoms with Gasteiger partial charge in [-0.3, -0.25) is 4.90 Å². The highest BCUT2D eigenvalue weighted by molar-refractivity contribution is 7.89. The van der Waals surface area contributed by atoms with Crippen LogP contribution in [0.5, 0.6) is 0 Å². The normalized spacial score (nSPS) is 26.0. The van der Waals surface area contributed by atoms with Crippen molar-refractivity contribution in [3.63, 3.8) is 0 Å². The van der Waals surface area contributed by atoms with Gasteiger partial charge >= 0.3 is 0 Å². The van der Waals surface area contributed by atoms with Crippen LogP contribution in [0.25, 0.3) is 0 Å². The molecule has 0 aromatic carbocycles. The zero-order valence-electron chi connectivity index (χ0n) is 14.7. The van der Waals surface area contributed by atoms with E-state index in [1.807, 2.05) is 4.31 Å². The third-order valence-electron chi connectivity index (χ3n) is 5.64. The summed E-state index contributed by atoms with van der Waals surface area (Å²) < 4.78 is 39.3. The van der Waals surface area contributed by atoms with E-state index in [-0.39, 0.29) is 11.3 Å². The van der Waals surface area contributed by atoms with E-state index in [4.69, 9.17) is 9.47 Å². The Hall–Kier alpha value is -0.210. The van der Waals surface area contributed by atoms with Gasteiger partial charge in [0, 0.05) is 45.4 Å². The molecule has 3 aliphatic rings. The van der Waals surface area contributed by atoms with Crippen LogP contribution in [0, 0.1) is 0 Å². The second-order valence-electron chi connectivity index (χ2n) is 7.21. The Balaban J connectivity index is 1.67. The van der Waals surface area contributed by atoms with Crippen molar-refractivity contribution in [2.45, 2.75) is 56.2 Å². The molecule has 24 heavy (non-hydrogen) atoms. The van der Waals surface area contributed by atoms with Crippen LogP contribution < -0.4 is 0 Å². The molecule has 3 rings (SSSR count). The lowest BCUT2D eigenvalue weighted by Gasteiger charge is -2.38. The van der Waals surface area contributed by atoms with Crippen molar-refractivity contribution in [2.24, 2.45) is 0 Å². The molecule has 0 bridgehead atoms. The molecule has 7 heteroatoms. The molecular formula is C17H32N2O4S. The Bertz CT molecular complexity index is 467. The van der Waals surface area contributed by atoms with Crippen molar-refractivity contribution in [2.75, 3.05) is 52.6 Å². The Morgan fingerprint density at radius 1 is 0.875 bits per heavy atom. The van der Waals surface area contributed by atoms with Gasteiger partial charge in [-0.1, -0.05) is 19.3 Å². The molecule has 140 valence electrons. The predicted molar refractivity (Wildman–Crippen MR) is 93.6 cm³/mol. The standard InChI is InChI=1S/C17H32N2O4S/c20-24(21,17-4-2-1-3-5-17)19(16-6-12-22-13-7-16)9-8-18-10-14-23-15-11-18/h16-17H,1-15H2. The molecule has 6 nitrogen and oxygen atoms in total. The van der Waals surface area contributed by atoms with Crippen LogP contribution in [0.15, 0.2) is 0 Å². The molecule has 0 amide bonds. The molecule has 0 aromatic heterocycles. The fourth-order valence-electron chi connectivity index (χ4n) is 4.11. The molecule has 1 saturated carbocycles. The van der Waals surface area contributed by atoms with Crippen LogP contribution in [0.3, 0.4) is 0 Å². The quantitative estimate of drug-likeness (QED) is 0.718. The van der Waals surface area contributed by atoms with Crippen molar-refractivity contribution in [3.8, 4) is 0 Å². The van der Waals surface area contributed by atoms with E-state index in [1.54, 1.807) is 0 Å². The molecule has 2 saturated heterocycles. The van der Waals surface area contributed by atoms with E-state index < -0.39 is 10.0 Å². The van der Waals surface area contributed by atoms with Crippen LogP contribution in [0.1, 0.15) is 44.9 Å². The first-order valence-corrected chi connectivity index (χ1v) is 11.1. The SMILES string of the molecule is O=S(=O)(C1CCCCC1)N(CCN1CCOCC1)C1CCOCC1. The first-order chi connectivity index (χ1) is 11.7. The van der Waals surface area contributed by atoms with Gasteiger partial charge in [0.05, 0.1) is 18.5 Å². The van der Waals surface area contributed by atoms with Gasteiger partial charge < -0.3 is 9.47 Å². The average Bonchev–Trinajstić information content (AvgIpc) is 2.64. The number of hydrogen-bond acceptors (Lipinski definition) is 5. The minimum absolute atomic E-state index is 0.117. The molecule has 0 atom stereocenters. The lowest BCUT2D eigenvalue weighted by molar-refractivity contribution is 0.0290. The van der Waals surface area contributed by atoms with Gasteiger partial charge in [-0.05, 0) is 25.7 Å². The summed E-state index contributed by atoms with van der Waals surface area (Å²) in [5.74, 6) is 0. The second-order valence-corrected chi connectivity index (χ2v) is 9.38. The average molecular weight is 361 g/mol. The van der Waals surface area contributed by atoms with E-state index in [0.717, 1.165) is 71.4 Å². The van der Waals surface area contributed by atoms with E-state index in [0.29, 0.717) is 19.8 Å². The van der Waals surface area contributed by atoms with Crippen LogP contribution in [0.2, 0.25) is 0 Å². The first kappa shape index (κ1) is 18.6. The molecular weight excluding hydrogens is 328 g/mol. The summed E-state index contributed by atoms with van der Waals surface area (Å²) in [5, 5.41) is -0.168. The third-order valence-corrected chi connectivity index (χ3v) is 8.09. The molecule has 0 unspecified atom stereocenters. The fraction of sp³-hybridized carbons (Fsp3) is 1.00. The maximum atomic E-state index is 13.3. The third kappa shape index (κ3) is 4.69. The Kier molecular flexibility index (Phi) is 6.92. The number of sulfonamides is 1. The Morgan fingerprint density at radius 2 is 1.50 bits per heavy atom. The van der Waals surface area contributed by atoms with Gasteiger partial charge in [-0.25, -0.2) is 8.42 Å². The van der Waals surface area contributed by atoms with Gasteiger partial charge in [-0.15, -0.1) is 0 Å². The lowest BCUT2D eigenvalue weighted by atomic mass is 10.0. The smallest absolute Gasteiger partial charge is 0.217 e. The van der Waals surface area contributed by atoms with Crippen LogP contribution in [-0.4, -0.2) is 81.5 Å². The minimum Gasteiger partial charge on any atom is -0.381 e. The fourth-order valence-corrected chi connectivity index (χ4v) is 6.38. The summed E-state index contributed by atoms with van der Waals surface area (Å²) in [7, 11) is -3.20. The van der Waals surface area contributed by atoms with Crippen molar-refractivity contribution in [1.82, 2.24) is 9.21 Å². The van der Waals surface area contributed by atoms with Gasteiger partial charge in [-0.2, -0.15) is 4.31 Å². The maximum absolute atomic E-state index is 13.3. The number of nitrogens with zero attached hydrogens (tertiary/aromatic N) is 2. The number of rotatable bonds is 6. The topological polar surface area (TPSA) is 59.1 Å². The van der Waals surface area contributed by atoms with E-state index in [1.165, 1.54) is 6.42 Å². The van der Waals surface area contributed by atoms with Crippen LogP contribution >= 0.6 is 0 Å². The highest BCUT2D eigenvalue weighted by Gasteiger charge is 2.37. The largest absolute Gasteiger partial charge is 0.381 e. The first-order valence-electron chi connectivity index (χ1n) is 9.56. The monoisotopic (exact) mass is 360 g/mol. The molecule has 2 heterocycles. The van der Waals surface area contributed by atoms with E-state index in [2.05, 4.69) is 4.90 Å². The van der Waals surface area contributed by atoms with Crippen molar-refractivity contribution in [1.29, 1.82) is 0 Å². The molecule has 3 fully saturated rings. The van der Waals surface area contributed by atoms with E-state index >= 15 is 0 Å².